The van der Waals surface area contributed by atoms with Gasteiger partial charge in [-0.1, -0.05) is 26.8 Å². The lowest BCUT2D eigenvalue weighted by Gasteiger charge is -2.37. The minimum atomic E-state index is 0.476. The molecule has 1 N–H and O–H groups in total. The van der Waals surface area contributed by atoms with Crippen LogP contribution >= 0.6 is 0 Å². The van der Waals surface area contributed by atoms with E-state index >= 15 is 0 Å². The van der Waals surface area contributed by atoms with Gasteiger partial charge in [0, 0.05) is 18.3 Å². The van der Waals surface area contributed by atoms with Gasteiger partial charge in [-0.15, -0.1) is 0 Å². The summed E-state index contributed by atoms with van der Waals surface area (Å²) in [6.45, 7) is 11.0. The van der Waals surface area contributed by atoms with Crippen LogP contribution in [0, 0.1) is 17.3 Å². The first-order chi connectivity index (χ1) is 9.99. The summed E-state index contributed by atoms with van der Waals surface area (Å²) in [7, 11) is 0. The monoisotopic (exact) mass is 289 g/mol. The number of benzene rings is 1. The molecule has 2 rings (SSSR count). The zero-order valence-corrected chi connectivity index (χ0v) is 14.1. The van der Waals surface area contributed by atoms with Crippen molar-refractivity contribution in [2.24, 2.45) is 17.3 Å². The van der Waals surface area contributed by atoms with Gasteiger partial charge in [0.25, 0.3) is 0 Å². The van der Waals surface area contributed by atoms with Gasteiger partial charge in [0.05, 0.1) is 6.61 Å². The predicted molar refractivity (Wildman–Crippen MR) is 91.0 cm³/mol. The highest BCUT2D eigenvalue weighted by atomic mass is 16.5. The van der Waals surface area contributed by atoms with Crippen LogP contribution in [0.3, 0.4) is 0 Å². The van der Waals surface area contributed by atoms with Gasteiger partial charge in [-0.2, -0.15) is 0 Å². The maximum atomic E-state index is 5.55. The Balaban J connectivity index is 1.78. The molecule has 2 nitrogen and oxygen atoms in total. The molecule has 21 heavy (non-hydrogen) atoms. The van der Waals surface area contributed by atoms with Crippen molar-refractivity contribution in [2.75, 3.05) is 18.5 Å². The maximum Gasteiger partial charge on any atom is 0.121 e. The second kappa shape index (κ2) is 7.20. The molecule has 1 aliphatic rings. The molecule has 1 aromatic carbocycles. The molecule has 0 radical (unpaired) electrons. The Labute approximate surface area is 130 Å². The zero-order chi connectivity index (χ0) is 15.3. The van der Waals surface area contributed by atoms with Crippen LogP contribution in [-0.2, 0) is 0 Å². The Morgan fingerprint density at radius 3 is 2.48 bits per heavy atom. The number of rotatable bonds is 5. The van der Waals surface area contributed by atoms with E-state index in [1.54, 1.807) is 0 Å². The second-order valence-corrected chi connectivity index (χ2v) is 7.43. The standard InChI is InChI=1S/C19H31NO/c1-5-21-18-8-6-7-17(13-18)20-14-15-9-11-16(12-10-15)19(2,3)4/h6-8,13,15-16,20H,5,9-12,14H2,1-4H3. The normalized spacial score (nSPS) is 22.9. The fraction of sp³-hybridized carbons (Fsp3) is 0.684. The first kappa shape index (κ1) is 16.2. The van der Waals surface area contributed by atoms with E-state index in [2.05, 4.69) is 44.3 Å². The maximum absolute atomic E-state index is 5.55. The van der Waals surface area contributed by atoms with Crippen LogP contribution in [0.2, 0.25) is 0 Å². The molecule has 0 saturated heterocycles. The number of hydrogen-bond acceptors (Lipinski definition) is 2. The number of hydrogen-bond donors (Lipinski definition) is 1. The van der Waals surface area contributed by atoms with Gasteiger partial charge in [0.15, 0.2) is 0 Å². The molecular weight excluding hydrogens is 258 g/mol. The van der Waals surface area contributed by atoms with Gasteiger partial charge in [0.2, 0.25) is 0 Å². The summed E-state index contributed by atoms with van der Waals surface area (Å²) in [6.07, 6.45) is 5.49. The lowest BCUT2D eigenvalue weighted by molar-refractivity contribution is 0.153. The Bertz CT molecular complexity index is 427. The van der Waals surface area contributed by atoms with Gasteiger partial charge < -0.3 is 10.1 Å². The van der Waals surface area contributed by atoms with Crippen molar-refractivity contribution in [1.82, 2.24) is 0 Å². The van der Waals surface area contributed by atoms with E-state index in [-0.39, 0.29) is 0 Å². The van der Waals surface area contributed by atoms with Crippen molar-refractivity contribution in [3.05, 3.63) is 24.3 Å². The lowest BCUT2D eigenvalue weighted by atomic mass is 9.70. The van der Waals surface area contributed by atoms with E-state index in [9.17, 15) is 0 Å². The Kier molecular flexibility index (Phi) is 5.55. The quantitative estimate of drug-likeness (QED) is 0.789. The average molecular weight is 289 g/mol. The molecule has 118 valence electrons. The van der Waals surface area contributed by atoms with E-state index < -0.39 is 0 Å². The summed E-state index contributed by atoms with van der Waals surface area (Å²) >= 11 is 0. The summed E-state index contributed by atoms with van der Waals surface area (Å²) in [5.74, 6) is 2.67. The first-order valence-electron chi connectivity index (χ1n) is 8.45. The van der Waals surface area contributed by atoms with Crippen LogP contribution in [0.15, 0.2) is 24.3 Å². The highest BCUT2D eigenvalue weighted by Crippen LogP contribution is 2.39. The molecule has 0 atom stereocenters. The van der Waals surface area contributed by atoms with Gasteiger partial charge in [-0.25, -0.2) is 0 Å². The van der Waals surface area contributed by atoms with Gasteiger partial charge in [0.1, 0.15) is 5.75 Å². The lowest BCUT2D eigenvalue weighted by Crippen LogP contribution is -2.28. The van der Waals surface area contributed by atoms with Crippen LogP contribution in [-0.4, -0.2) is 13.2 Å². The fourth-order valence-corrected chi connectivity index (χ4v) is 3.36. The third-order valence-corrected chi connectivity index (χ3v) is 4.81. The third kappa shape index (κ3) is 4.94. The fourth-order valence-electron chi connectivity index (χ4n) is 3.36. The van der Waals surface area contributed by atoms with Crippen LogP contribution in [0.25, 0.3) is 0 Å². The predicted octanol–water partition coefficient (Wildman–Crippen LogP) is 5.35. The molecule has 1 aliphatic carbocycles. The van der Waals surface area contributed by atoms with Crippen molar-refractivity contribution in [3.63, 3.8) is 0 Å². The molecule has 0 amide bonds. The molecule has 0 aliphatic heterocycles. The van der Waals surface area contributed by atoms with E-state index in [0.717, 1.165) is 30.7 Å². The van der Waals surface area contributed by atoms with E-state index in [1.807, 2.05) is 13.0 Å². The van der Waals surface area contributed by atoms with Crippen molar-refractivity contribution < 1.29 is 4.74 Å². The van der Waals surface area contributed by atoms with Crippen LogP contribution in [0.5, 0.6) is 5.75 Å². The van der Waals surface area contributed by atoms with Crippen molar-refractivity contribution in [2.45, 2.75) is 53.4 Å². The third-order valence-electron chi connectivity index (χ3n) is 4.81. The van der Waals surface area contributed by atoms with Crippen LogP contribution < -0.4 is 10.1 Å². The molecular formula is C19H31NO. The number of anilines is 1. The zero-order valence-electron chi connectivity index (χ0n) is 14.1. The van der Waals surface area contributed by atoms with Gasteiger partial charge >= 0.3 is 0 Å². The van der Waals surface area contributed by atoms with Gasteiger partial charge in [-0.05, 0) is 62.0 Å². The van der Waals surface area contributed by atoms with E-state index in [4.69, 9.17) is 4.74 Å². The average Bonchev–Trinajstić information content (AvgIpc) is 2.45. The van der Waals surface area contributed by atoms with Crippen molar-refractivity contribution >= 4 is 5.69 Å². The summed E-state index contributed by atoms with van der Waals surface area (Å²) in [5, 5.41) is 3.59. The molecule has 1 saturated carbocycles. The smallest absolute Gasteiger partial charge is 0.121 e. The largest absolute Gasteiger partial charge is 0.494 e. The molecule has 0 bridgehead atoms. The first-order valence-corrected chi connectivity index (χ1v) is 8.45. The molecule has 0 aromatic heterocycles. The minimum absolute atomic E-state index is 0.476. The number of ether oxygens (including phenoxy) is 1. The molecule has 1 fully saturated rings. The summed E-state index contributed by atoms with van der Waals surface area (Å²) in [4.78, 5) is 0. The minimum Gasteiger partial charge on any atom is -0.494 e. The molecule has 2 heteroatoms. The molecule has 0 unspecified atom stereocenters. The van der Waals surface area contributed by atoms with Gasteiger partial charge in [-0.3, -0.25) is 0 Å². The summed E-state index contributed by atoms with van der Waals surface area (Å²) in [6, 6.07) is 8.31. The number of nitrogens with one attached hydrogen (secondary N) is 1. The molecule has 0 spiro atoms. The molecule has 0 heterocycles. The van der Waals surface area contributed by atoms with Crippen LogP contribution in [0.4, 0.5) is 5.69 Å². The topological polar surface area (TPSA) is 21.3 Å². The Morgan fingerprint density at radius 1 is 1.14 bits per heavy atom. The highest BCUT2D eigenvalue weighted by molar-refractivity contribution is 5.48. The SMILES string of the molecule is CCOc1cccc(NCC2CCC(C(C)(C)C)CC2)c1. The molecule has 1 aromatic rings. The van der Waals surface area contributed by atoms with Crippen LogP contribution in [0.1, 0.15) is 53.4 Å². The highest BCUT2D eigenvalue weighted by Gasteiger charge is 2.29. The van der Waals surface area contributed by atoms with Crippen molar-refractivity contribution in [1.29, 1.82) is 0 Å². The van der Waals surface area contributed by atoms with Crippen molar-refractivity contribution in [3.8, 4) is 5.75 Å². The summed E-state index contributed by atoms with van der Waals surface area (Å²) in [5.41, 5.74) is 1.66. The Morgan fingerprint density at radius 2 is 1.86 bits per heavy atom. The summed E-state index contributed by atoms with van der Waals surface area (Å²) < 4.78 is 5.55. The Hall–Kier alpha value is -1.18. The second-order valence-electron chi connectivity index (χ2n) is 7.43. The van der Waals surface area contributed by atoms with E-state index in [1.165, 1.54) is 31.4 Å². The van der Waals surface area contributed by atoms with E-state index in [0.29, 0.717) is 5.41 Å².